The maximum atomic E-state index is 11.8. The maximum Gasteiger partial charge on any atom is 0.269 e. The van der Waals surface area contributed by atoms with Gasteiger partial charge in [0.25, 0.3) is 5.69 Å². The van der Waals surface area contributed by atoms with E-state index in [0.717, 1.165) is 0 Å². The number of nitro groups is 1. The number of nitrogens with zero attached hydrogens (tertiary/aromatic N) is 1. The minimum absolute atomic E-state index is 0.00263. The number of hydrogen-bond donors (Lipinski definition) is 1. The summed E-state index contributed by atoms with van der Waals surface area (Å²) in [7, 11) is 0. The van der Waals surface area contributed by atoms with Crippen LogP contribution in [0.15, 0.2) is 54.6 Å². The highest BCUT2D eigenvalue weighted by atomic mass is 16.6. The van der Waals surface area contributed by atoms with Crippen molar-refractivity contribution in [2.75, 3.05) is 5.32 Å². The van der Waals surface area contributed by atoms with Gasteiger partial charge in [0.1, 0.15) is 0 Å². The number of non-ortho nitro benzene ring substituents is 1. The van der Waals surface area contributed by atoms with Gasteiger partial charge in [-0.05, 0) is 55.0 Å². The molecule has 116 valence electrons. The third kappa shape index (κ3) is 4.60. The summed E-state index contributed by atoms with van der Waals surface area (Å²) in [6.45, 7) is 1.47. The number of nitrogens with one attached hydrogen (secondary N) is 1. The molecule has 2 rings (SSSR count). The number of hydrogen-bond acceptors (Lipinski definition) is 4. The summed E-state index contributed by atoms with van der Waals surface area (Å²) in [5, 5.41) is 13.2. The van der Waals surface area contributed by atoms with Crippen molar-refractivity contribution in [3.63, 3.8) is 0 Å². The van der Waals surface area contributed by atoms with E-state index in [9.17, 15) is 19.7 Å². The van der Waals surface area contributed by atoms with E-state index in [0.29, 0.717) is 16.8 Å². The number of benzene rings is 2. The van der Waals surface area contributed by atoms with E-state index in [-0.39, 0.29) is 17.4 Å². The number of carbonyl (C=O) groups excluding carboxylic acids is 2. The predicted molar refractivity (Wildman–Crippen MR) is 87.2 cm³/mol. The van der Waals surface area contributed by atoms with Crippen molar-refractivity contribution in [2.45, 2.75) is 6.92 Å². The Morgan fingerprint density at radius 1 is 1.04 bits per heavy atom. The lowest BCUT2D eigenvalue weighted by Gasteiger charge is -2.02. The minimum Gasteiger partial charge on any atom is -0.323 e. The molecule has 0 saturated heterocycles. The molecule has 2 aromatic rings. The van der Waals surface area contributed by atoms with E-state index >= 15 is 0 Å². The first-order valence-corrected chi connectivity index (χ1v) is 6.80. The van der Waals surface area contributed by atoms with Gasteiger partial charge < -0.3 is 5.32 Å². The molecule has 0 saturated carbocycles. The molecule has 0 aliphatic heterocycles. The smallest absolute Gasteiger partial charge is 0.269 e. The van der Waals surface area contributed by atoms with Gasteiger partial charge in [-0.25, -0.2) is 0 Å². The fraction of sp³-hybridized carbons (Fsp3) is 0.0588. The molecule has 0 heterocycles. The fourth-order valence-corrected chi connectivity index (χ4v) is 1.85. The van der Waals surface area contributed by atoms with Crippen LogP contribution in [-0.2, 0) is 4.79 Å². The van der Waals surface area contributed by atoms with Crippen molar-refractivity contribution in [1.82, 2.24) is 0 Å². The van der Waals surface area contributed by atoms with E-state index in [2.05, 4.69) is 5.32 Å². The molecule has 0 aromatic heterocycles. The number of anilines is 1. The minimum atomic E-state index is -0.481. The highest BCUT2D eigenvalue weighted by Gasteiger charge is 2.03. The first kappa shape index (κ1) is 16.1. The summed E-state index contributed by atoms with van der Waals surface area (Å²) in [4.78, 5) is 33.0. The van der Waals surface area contributed by atoms with Crippen LogP contribution in [0.1, 0.15) is 22.8 Å². The topological polar surface area (TPSA) is 89.3 Å². The van der Waals surface area contributed by atoms with Crippen LogP contribution in [0.2, 0.25) is 0 Å². The average molecular weight is 310 g/mol. The molecule has 23 heavy (non-hydrogen) atoms. The zero-order valence-corrected chi connectivity index (χ0v) is 12.4. The summed E-state index contributed by atoms with van der Waals surface area (Å²) in [6.07, 6.45) is 2.89. The molecule has 0 fully saturated rings. The highest BCUT2D eigenvalue weighted by Crippen LogP contribution is 2.13. The molecular weight excluding hydrogens is 296 g/mol. The van der Waals surface area contributed by atoms with Gasteiger partial charge in [-0.1, -0.05) is 0 Å². The Morgan fingerprint density at radius 2 is 1.65 bits per heavy atom. The Kier molecular flexibility index (Phi) is 4.99. The molecule has 1 amide bonds. The number of amides is 1. The summed E-state index contributed by atoms with van der Waals surface area (Å²) < 4.78 is 0. The monoisotopic (exact) mass is 310 g/mol. The Balaban J connectivity index is 1.98. The first-order valence-electron chi connectivity index (χ1n) is 6.80. The third-order valence-corrected chi connectivity index (χ3v) is 3.09. The summed E-state index contributed by atoms with van der Waals surface area (Å²) in [5.74, 6) is -0.375. The van der Waals surface area contributed by atoms with Crippen LogP contribution in [0.3, 0.4) is 0 Å². The third-order valence-electron chi connectivity index (χ3n) is 3.09. The molecule has 1 N–H and O–H groups in total. The molecule has 0 radical (unpaired) electrons. The zero-order chi connectivity index (χ0) is 16.8. The number of rotatable bonds is 5. The maximum absolute atomic E-state index is 11.8. The lowest BCUT2D eigenvalue weighted by molar-refractivity contribution is -0.384. The van der Waals surface area contributed by atoms with Crippen molar-refractivity contribution >= 4 is 29.1 Å². The average Bonchev–Trinajstić information content (AvgIpc) is 2.54. The summed E-state index contributed by atoms with van der Waals surface area (Å²) in [5.41, 5.74) is 1.83. The predicted octanol–water partition coefficient (Wildman–Crippen LogP) is 3.45. The molecule has 2 aromatic carbocycles. The number of carbonyl (C=O) groups is 2. The van der Waals surface area contributed by atoms with E-state index in [4.69, 9.17) is 0 Å². The standard InChI is InChI=1S/C17H14N2O4/c1-12(20)14-5-7-15(8-6-14)18-17(21)11-4-13-2-9-16(10-3-13)19(22)23/h2-11H,1H3,(H,18,21)/b11-4+. The molecule has 0 bridgehead atoms. The Hall–Kier alpha value is -3.28. The van der Waals surface area contributed by atoms with Crippen LogP contribution in [0, 0.1) is 10.1 Å². The van der Waals surface area contributed by atoms with Gasteiger partial charge >= 0.3 is 0 Å². The van der Waals surface area contributed by atoms with Gasteiger partial charge in [0.2, 0.25) is 5.91 Å². The van der Waals surface area contributed by atoms with Crippen molar-refractivity contribution in [3.8, 4) is 0 Å². The summed E-state index contributed by atoms with van der Waals surface area (Å²) in [6, 6.07) is 12.4. The van der Waals surface area contributed by atoms with Crippen molar-refractivity contribution in [1.29, 1.82) is 0 Å². The van der Waals surface area contributed by atoms with E-state index in [1.54, 1.807) is 42.5 Å². The summed E-state index contributed by atoms with van der Waals surface area (Å²) >= 11 is 0. The van der Waals surface area contributed by atoms with Gasteiger partial charge in [-0.3, -0.25) is 19.7 Å². The zero-order valence-electron chi connectivity index (χ0n) is 12.4. The number of Topliss-reactive ketones (excluding diaryl/α,β-unsaturated/α-hetero) is 1. The normalized spacial score (nSPS) is 10.5. The largest absolute Gasteiger partial charge is 0.323 e. The van der Waals surface area contributed by atoms with E-state index in [1.807, 2.05) is 0 Å². The van der Waals surface area contributed by atoms with Gasteiger partial charge in [0.15, 0.2) is 5.78 Å². The molecule has 0 aliphatic carbocycles. The Bertz CT molecular complexity index is 762. The number of nitro benzene ring substituents is 1. The second-order valence-corrected chi connectivity index (χ2v) is 4.80. The van der Waals surface area contributed by atoms with E-state index in [1.165, 1.54) is 25.1 Å². The molecule has 0 atom stereocenters. The van der Waals surface area contributed by atoms with Crippen LogP contribution < -0.4 is 5.32 Å². The van der Waals surface area contributed by atoms with Crippen LogP contribution in [0.4, 0.5) is 11.4 Å². The van der Waals surface area contributed by atoms with Gasteiger partial charge in [0, 0.05) is 29.5 Å². The van der Waals surface area contributed by atoms with Gasteiger partial charge in [-0.15, -0.1) is 0 Å². The molecule has 0 spiro atoms. The molecule has 6 nitrogen and oxygen atoms in total. The molecule has 6 heteroatoms. The second-order valence-electron chi connectivity index (χ2n) is 4.80. The van der Waals surface area contributed by atoms with Crippen LogP contribution in [0.25, 0.3) is 6.08 Å². The van der Waals surface area contributed by atoms with E-state index < -0.39 is 4.92 Å². The fourth-order valence-electron chi connectivity index (χ4n) is 1.85. The molecular formula is C17H14N2O4. The van der Waals surface area contributed by atoms with Crippen molar-refractivity contribution in [3.05, 3.63) is 75.8 Å². The lowest BCUT2D eigenvalue weighted by atomic mass is 10.1. The molecule has 0 unspecified atom stereocenters. The lowest BCUT2D eigenvalue weighted by Crippen LogP contribution is -2.07. The van der Waals surface area contributed by atoms with Gasteiger partial charge in [0.05, 0.1) is 4.92 Å². The first-order chi connectivity index (χ1) is 11.0. The van der Waals surface area contributed by atoms with Crippen LogP contribution in [0.5, 0.6) is 0 Å². The molecule has 0 aliphatic rings. The van der Waals surface area contributed by atoms with Crippen LogP contribution in [-0.4, -0.2) is 16.6 Å². The Morgan fingerprint density at radius 3 is 2.17 bits per heavy atom. The highest BCUT2D eigenvalue weighted by molar-refractivity contribution is 6.02. The quantitative estimate of drug-likeness (QED) is 0.396. The Labute approximate surface area is 132 Å². The van der Waals surface area contributed by atoms with Crippen molar-refractivity contribution in [2.24, 2.45) is 0 Å². The van der Waals surface area contributed by atoms with Gasteiger partial charge in [-0.2, -0.15) is 0 Å². The SMILES string of the molecule is CC(=O)c1ccc(NC(=O)/C=C/c2ccc([N+](=O)[O-])cc2)cc1. The van der Waals surface area contributed by atoms with Crippen LogP contribution >= 0.6 is 0 Å². The van der Waals surface area contributed by atoms with Crippen molar-refractivity contribution < 1.29 is 14.5 Å². The second kappa shape index (κ2) is 7.13. The number of ketones is 1.